The van der Waals surface area contributed by atoms with Gasteiger partial charge >= 0.3 is 0 Å². The fourth-order valence-electron chi connectivity index (χ4n) is 3.16. The predicted octanol–water partition coefficient (Wildman–Crippen LogP) is 5.33. The number of aromatic nitrogens is 3. The van der Waals surface area contributed by atoms with E-state index in [4.69, 9.17) is 21.3 Å². The highest BCUT2D eigenvalue weighted by molar-refractivity contribution is 7.98. The molecule has 1 amide bonds. The van der Waals surface area contributed by atoms with Crippen LogP contribution in [0, 0.1) is 6.92 Å². The van der Waals surface area contributed by atoms with E-state index in [-0.39, 0.29) is 12.5 Å². The Morgan fingerprint density at radius 1 is 1.19 bits per heavy atom. The van der Waals surface area contributed by atoms with Gasteiger partial charge < -0.3 is 14.6 Å². The topological polar surface area (TPSA) is 69.0 Å². The summed E-state index contributed by atoms with van der Waals surface area (Å²) in [5.41, 5.74) is 4.30. The summed E-state index contributed by atoms with van der Waals surface area (Å²) in [7, 11) is 1.65. The Morgan fingerprint density at radius 3 is 2.77 bits per heavy atom. The van der Waals surface area contributed by atoms with Crippen LogP contribution in [0.4, 0.5) is 5.69 Å². The number of hydrogen-bond donors (Lipinski definition) is 1. The normalized spacial score (nSPS) is 10.9. The van der Waals surface area contributed by atoms with Crippen LogP contribution in [0.5, 0.6) is 5.75 Å². The summed E-state index contributed by atoms with van der Waals surface area (Å²) in [6.45, 7) is 2.00. The number of nitrogens with one attached hydrogen (secondary N) is 1. The Morgan fingerprint density at radius 2 is 2.00 bits per heavy atom. The van der Waals surface area contributed by atoms with Gasteiger partial charge in [0.25, 0.3) is 0 Å². The van der Waals surface area contributed by atoms with Gasteiger partial charge in [0.2, 0.25) is 5.91 Å². The summed E-state index contributed by atoms with van der Waals surface area (Å²) in [6, 6.07) is 15.2. The predicted molar refractivity (Wildman–Crippen MR) is 125 cm³/mol. The number of pyridine rings is 1. The average molecular weight is 453 g/mol. The SMILES string of the molecule is COc1ccc(CSc2nc3ccncc3n2CC(=O)Nc2cccc(Cl)c2C)cc1. The lowest BCUT2D eigenvalue weighted by atomic mass is 10.2. The van der Waals surface area contributed by atoms with Crippen LogP contribution in [0.15, 0.2) is 66.1 Å². The molecule has 0 aliphatic carbocycles. The van der Waals surface area contributed by atoms with E-state index in [2.05, 4.69) is 10.3 Å². The molecule has 0 bridgehead atoms. The van der Waals surface area contributed by atoms with Crippen LogP contribution in [0.3, 0.4) is 0 Å². The van der Waals surface area contributed by atoms with E-state index in [1.807, 2.05) is 54.0 Å². The number of carbonyl (C=O) groups is 1. The van der Waals surface area contributed by atoms with Crippen molar-refractivity contribution < 1.29 is 9.53 Å². The van der Waals surface area contributed by atoms with E-state index in [0.717, 1.165) is 38.8 Å². The van der Waals surface area contributed by atoms with Crippen LogP contribution >= 0.6 is 23.4 Å². The van der Waals surface area contributed by atoms with Gasteiger partial charge in [-0.25, -0.2) is 4.98 Å². The number of ether oxygens (including phenoxy) is 1. The fraction of sp³-hybridized carbons (Fsp3) is 0.174. The van der Waals surface area contributed by atoms with Crippen molar-refractivity contribution in [3.8, 4) is 5.75 Å². The molecule has 31 heavy (non-hydrogen) atoms. The quantitative estimate of drug-likeness (QED) is 0.383. The number of hydrogen-bond acceptors (Lipinski definition) is 5. The molecule has 0 spiro atoms. The number of thioether (sulfide) groups is 1. The number of imidazole rings is 1. The number of fused-ring (bicyclic) bond motifs is 1. The molecule has 0 saturated carbocycles. The minimum atomic E-state index is -0.153. The molecule has 8 heteroatoms. The molecule has 2 heterocycles. The molecular weight excluding hydrogens is 432 g/mol. The lowest BCUT2D eigenvalue weighted by molar-refractivity contribution is -0.116. The summed E-state index contributed by atoms with van der Waals surface area (Å²) in [4.78, 5) is 21.8. The first-order valence-corrected chi connectivity index (χ1v) is 11.0. The van der Waals surface area contributed by atoms with Gasteiger partial charge in [-0.15, -0.1) is 0 Å². The summed E-state index contributed by atoms with van der Waals surface area (Å²) in [6.07, 6.45) is 3.44. The van der Waals surface area contributed by atoms with Gasteiger partial charge in [0, 0.05) is 22.7 Å². The van der Waals surface area contributed by atoms with Crippen LogP contribution in [-0.4, -0.2) is 27.6 Å². The standard InChI is InChI=1S/C23H21ClN4O2S/c1-15-18(24)4-3-5-19(15)26-22(29)13-28-21-12-25-11-10-20(21)27-23(28)31-14-16-6-8-17(30-2)9-7-16/h3-12H,13-14H2,1-2H3,(H,26,29). The van der Waals surface area contributed by atoms with Crippen molar-refractivity contribution in [1.29, 1.82) is 0 Å². The third-order valence-corrected chi connectivity index (χ3v) is 6.34. The number of rotatable bonds is 7. The molecule has 158 valence electrons. The van der Waals surface area contributed by atoms with Gasteiger partial charge in [0.15, 0.2) is 5.16 Å². The fourth-order valence-corrected chi connectivity index (χ4v) is 4.30. The third kappa shape index (κ3) is 4.84. The van der Waals surface area contributed by atoms with Crippen molar-refractivity contribution in [3.05, 3.63) is 77.1 Å². The van der Waals surface area contributed by atoms with Gasteiger partial charge in [-0.3, -0.25) is 9.78 Å². The lowest BCUT2D eigenvalue weighted by Crippen LogP contribution is -2.19. The maximum Gasteiger partial charge on any atom is 0.244 e. The third-order valence-electron chi connectivity index (χ3n) is 4.89. The molecule has 2 aromatic heterocycles. The molecule has 4 aromatic rings. The smallest absolute Gasteiger partial charge is 0.244 e. The van der Waals surface area contributed by atoms with Crippen LogP contribution in [0.1, 0.15) is 11.1 Å². The van der Waals surface area contributed by atoms with E-state index in [0.29, 0.717) is 10.7 Å². The first-order chi connectivity index (χ1) is 15.0. The van der Waals surface area contributed by atoms with Crippen molar-refractivity contribution >= 4 is 46.0 Å². The van der Waals surface area contributed by atoms with Gasteiger partial charge in [-0.05, 0) is 48.4 Å². The van der Waals surface area contributed by atoms with Crippen LogP contribution in [0.2, 0.25) is 5.02 Å². The molecule has 2 aromatic carbocycles. The maximum atomic E-state index is 12.8. The summed E-state index contributed by atoms with van der Waals surface area (Å²) in [5, 5.41) is 4.33. The minimum Gasteiger partial charge on any atom is -0.497 e. The maximum absolute atomic E-state index is 12.8. The number of nitrogens with zero attached hydrogens (tertiary/aromatic N) is 3. The molecular formula is C23H21ClN4O2S. The van der Waals surface area contributed by atoms with Crippen LogP contribution < -0.4 is 10.1 Å². The average Bonchev–Trinajstić information content (AvgIpc) is 3.13. The Labute approximate surface area is 189 Å². The molecule has 0 unspecified atom stereocenters. The molecule has 0 atom stereocenters. The Balaban J connectivity index is 1.55. The summed E-state index contributed by atoms with van der Waals surface area (Å²) in [5.74, 6) is 1.38. The molecule has 0 fully saturated rings. The highest BCUT2D eigenvalue weighted by Gasteiger charge is 2.15. The Hall–Kier alpha value is -3.03. The number of methoxy groups -OCH3 is 1. The number of halogens is 1. The molecule has 0 aliphatic rings. The van der Waals surface area contributed by atoms with Crippen molar-refractivity contribution in [1.82, 2.24) is 14.5 Å². The van der Waals surface area contributed by atoms with Crippen LogP contribution in [-0.2, 0) is 17.1 Å². The van der Waals surface area contributed by atoms with Crippen molar-refractivity contribution in [2.45, 2.75) is 24.4 Å². The second-order valence-corrected chi connectivity index (χ2v) is 8.29. The van der Waals surface area contributed by atoms with Gasteiger partial charge in [-0.2, -0.15) is 0 Å². The summed E-state index contributed by atoms with van der Waals surface area (Å²) < 4.78 is 7.11. The van der Waals surface area contributed by atoms with Crippen molar-refractivity contribution in [3.63, 3.8) is 0 Å². The molecule has 4 rings (SSSR count). The molecule has 6 nitrogen and oxygen atoms in total. The van der Waals surface area contributed by atoms with E-state index in [1.165, 1.54) is 0 Å². The van der Waals surface area contributed by atoms with E-state index in [1.54, 1.807) is 37.3 Å². The van der Waals surface area contributed by atoms with Crippen LogP contribution in [0.25, 0.3) is 11.0 Å². The largest absolute Gasteiger partial charge is 0.497 e. The lowest BCUT2D eigenvalue weighted by Gasteiger charge is -2.12. The van der Waals surface area contributed by atoms with Gasteiger partial charge in [0.1, 0.15) is 12.3 Å². The van der Waals surface area contributed by atoms with Gasteiger partial charge in [-0.1, -0.05) is 41.6 Å². The molecule has 0 radical (unpaired) electrons. The van der Waals surface area contributed by atoms with Gasteiger partial charge in [0.05, 0.1) is 24.3 Å². The highest BCUT2D eigenvalue weighted by Crippen LogP contribution is 2.28. The molecule has 0 saturated heterocycles. The zero-order valence-corrected chi connectivity index (χ0v) is 18.7. The second kappa shape index (κ2) is 9.41. The van der Waals surface area contributed by atoms with Crippen molar-refractivity contribution in [2.75, 3.05) is 12.4 Å². The monoisotopic (exact) mass is 452 g/mol. The Bertz CT molecular complexity index is 1220. The summed E-state index contributed by atoms with van der Waals surface area (Å²) >= 11 is 7.75. The molecule has 0 aliphatic heterocycles. The molecule has 1 N–H and O–H groups in total. The first kappa shape index (κ1) is 21.2. The minimum absolute atomic E-state index is 0.124. The number of anilines is 1. The highest BCUT2D eigenvalue weighted by atomic mass is 35.5. The Kier molecular flexibility index (Phi) is 6.44. The van der Waals surface area contributed by atoms with E-state index >= 15 is 0 Å². The second-order valence-electron chi connectivity index (χ2n) is 6.94. The van der Waals surface area contributed by atoms with E-state index in [9.17, 15) is 4.79 Å². The zero-order valence-electron chi connectivity index (χ0n) is 17.1. The number of carbonyl (C=O) groups excluding carboxylic acids is 1. The number of amides is 1. The zero-order chi connectivity index (χ0) is 21.8. The number of benzene rings is 2. The van der Waals surface area contributed by atoms with E-state index < -0.39 is 0 Å². The van der Waals surface area contributed by atoms with Crippen molar-refractivity contribution in [2.24, 2.45) is 0 Å². The first-order valence-electron chi connectivity index (χ1n) is 9.66.